The molecule has 0 bridgehead atoms. The fourth-order valence-corrected chi connectivity index (χ4v) is 0. The average Bonchev–Trinajstić information content (AvgIpc) is 1.37. The number of nitrogens with one attached hydrogen (secondary N) is 1. The van der Waals surface area contributed by atoms with E-state index in [0.717, 1.165) is 0 Å². The molecule has 0 saturated carbocycles. The van der Waals surface area contributed by atoms with Crippen LogP contribution in [-0.2, 0) is 20.4 Å². The summed E-state index contributed by atoms with van der Waals surface area (Å²) >= 11 is 0. The molecule has 0 fully saturated rings. The van der Waals surface area contributed by atoms with Crippen LogP contribution in [0.5, 0.6) is 0 Å². The monoisotopic (exact) mass is 246 g/mol. The second-order valence-corrected chi connectivity index (χ2v) is 0.245. The summed E-state index contributed by atoms with van der Waals surface area (Å²) < 4.78 is 0. The van der Waals surface area contributed by atoms with Crippen molar-refractivity contribution in [1.82, 2.24) is 0 Å². The van der Waals surface area contributed by atoms with E-state index in [2.05, 4.69) is 5.48 Å². The Balaban J connectivity index is 0. The van der Waals surface area contributed by atoms with Gasteiger partial charge in [-0.2, -0.15) is 0 Å². The first-order chi connectivity index (χ1) is 1.91. The zero-order chi connectivity index (χ0) is 3.41. The van der Waals surface area contributed by atoms with Crippen LogP contribution >= 0.6 is 0 Å². The molecule has 0 aromatic heterocycles. The summed E-state index contributed by atoms with van der Waals surface area (Å²) in [4.78, 5) is 0. The zero-order valence-electron chi connectivity index (χ0n) is 2.35. The van der Waals surface area contributed by atoms with E-state index in [-0.39, 0.29) is 20.4 Å². The average molecular weight is 245 g/mol. The molecule has 2 N–H and O–H groups in total. The summed E-state index contributed by atoms with van der Waals surface area (Å²) in [7, 11) is 0. The summed E-state index contributed by atoms with van der Waals surface area (Å²) in [5.41, 5.74) is 2.28. The van der Waals surface area contributed by atoms with Gasteiger partial charge in [0.05, 0.1) is 0 Å². The Kier molecular flexibility index (Phi) is 15.9. The number of rotatable bonds is 1. The number of hydroxylamine groups is 1. The van der Waals surface area contributed by atoms with Crippen molar-refractivity contribution >= 4 is 6.34 Å². The van der Waals surface area contributed by atoms with Gasteiger partial charge in [0.2, 0.25) is 0 Å². The Labute approximate surface area is 43.5 Å². The Morgan fingerprint density at radius 3 is 2.00 bits per heavy atom. The van der Waals surface area contributed by atoms with Crippen molar-refractivity contribution < 1.29 is 25.6 Å². The molecule has 0 aromatic rings. The Morgan fingerprint density at radius 1 is 1.80 bits per heavy atom. The van der Waals surface area contributed by atoms with Gasteiger partial charge in [-0.05, 0) is 0 Å². The number of nitrogens with zero attached hydrogens (tertiary/aromatic N) is 1. The van der Waals surface area contributed by atoms with Crippen molar-refractivity contribution in [3.05, 3.63) is 5.48 Å². The van der Waals surface area contributed by atoms with Crippen LogP contribution < -0.4 is 0 Å². The molecule has 0 amide bonds. The van der Waals surface area contributed by atoms with Gasteiger partial charge in [-0.15, -0.1) is 0 Å². The third-order valence-corrected chi connectivity index (χ3v) is 0.0577. The topological polar surface area (TPSA) is 58.2 Å². The van der Waals surface area contributed by atoms with Crippen LogP contribution in [-0.4, -0.2) is 11.5 Å². The van der Waals surface area contributed by atoms with Crippen molar-refractivity contribution in [3.63, 3.8) is 0 Å². The van der Waals surface area contributed by atoms with Gasteiger partial charge in [0.15, 0.2) is 0 Å². The maximum absolute atomic E-state index is 7.26. The summed E-state index contributed by atoms with van der Waals surface area (Å²) in [6.07, 6.45) is 0.556. The van der Waals surface area contributed by atoms with Crippen molar-refractivity contribution in [2.45, 2.75) is 0 Å². The molecule has 0 atom stereocenters. The summed E-state index contributed by atoms with van der Waals surface area (Å²) in [5, 5.41) is 13.2. The van der Waals surface area contributed by atoms with E-state index in [9.17, 15) is 0 Å². The van der Waals surface area contributed by atoms with Crippen LogP contribution in [0.1, 0.15) is 0 Å². The molecule has 5 heavy (non-hydrogen) atoms. The third-order valence-electron chi connectivity index (χ3n) is 0.0577. The molecule has 4 heteroatoms. The van der Waals surface area contributed by atoms with E-state index in [1.54, 1.807) is 0 Å². The van der Waals surface area contributed by atoms with Gasteiger partial charge < -0.3 is 16.1 Å². The van der Waals surface area contributed by atoms with Gasteiger partial charge in [0.25, 0.3) is 0 Å². The standard InChI is InChI=1S/CH3N2O.Re/c2-1-3-4;/h1H,(H2-,2,3,4);/q-1;. The van der Waals surface area contributed by atoms with Gasteiger partial charge in [0, 0.05) is 20.4 Å². The molecule has 0 aromatic carbocycles. The maximum atomic E-state index is 7.26. The minimum Gasteiger partial charge on any atom is -0.487 e. The molecular weight excluding hydrogens is 242 g/mol. The van der Waals surface area contributed by atoms with Crippen molar-refractivity contribution in [2.75, 3.05) is 0 Å². The fraction of sp³-hybridized carbons (Fsp3) is 0. The van der Waals surface area contributed by atoms with Crippen LogP contribution in [0.4, 0.5) is 0 Å². The molecule has 0 unspecified atom stereocenters. The normalized spacial score (nSPS) is 4.20. The minimum atomic E-state index is 0. The van der Waals surface area contributed by atoms with Crippen molar-refractivity contribution in [1.29, 1.82) is 5.41 Å². The van der Waals surface area contributed by atoms with E-state index in [0.29, 0.717) is 6.34 Å². The molecule has 0 heterocycles. The number of hydrogen-bond donors (Lipinski definition) is 2. The minimum absolute atomic E-state index is 0. The molecule has 0 aliphatic carbocycles. The van der Waals surface area contributed by atoms with E-state index in [1.807, 2.05) is 0 Å². The first kappa shape index (κ1) is 8.92. The quantitative estimate of drug-likeness (QED) is 0.391. The molecule has 3 nitrogen and oxygen atoms in total. The van der Waals surface area contributed by atoms with E-state index < -0.39 is 0 Å². The first-order valence-corrected chi connectivity index (χ1v) is 0.747. The molecular formula is CH3N2ORe-. The third kappa shape index (κ3) is 15.0. The summed E-state index contributed by atoms with van der Waals surface area (Å²) in [6, 6.07) is 0. The van der Waals surface area contributed by atoms with Crippen LogP contribution in [0.25, 0.3) is 5.48 Å². The fourth-order valence-electron chi connectivity index (χ4n) is 0. The Hall–Kier alpha value is 0.0923. The van der Waals surface area contributed by atoms with Gasteiger partial charge in [-0.1, -0.05) is 6.34 Å². The van der Waals surface area contributed by atoms with Crippen molar-refractivity contribution in [2.24, 2.45) is 0 Å². The van der Waals surface area contributed by atoms with E-state index in [1.165, 1.54) is 0 Å². The van der Waals surface area contributed by atoms with Crippen LogP contribution in [0.2, 0.25) is 0 Å². The second-order valence-electron chi connectivity index (χ2n) is 0.245. The zero-order valence-corrected chi connectivity index (χ0v) is 5.07. The van der Waals surface area contributed by atoms with E-state index >= 15 is 0 Å². The van der Waals surface area contributed by atoms with E-state index in [4.69, 9.17) is 10.6 Å². The summed E-state index contributed by atoms with van der Waals surface area (Å²) in [6.45, 7) is 0. The van der Waals surface area contributed by atoms with Crippen LogP contribution in [0.15, 0.2) is 0 Å². The Bertz CT molecular complexity index is 23.6. The molecule has 0 aliphatic heterocycles. The summed E-state index contributed by atoms with van der Waals surface area (Å²) in [5.74, 6) is 0. The molecule has 1 radical (unpaired) electrons. The Morgan fingerprint density at radius 2 is 2.00 bits per heavy atom. The second kappa shape index (κ2) is 8.94. The first-order valence-electron chi connectivity index (χ1n) is 0.747. The molecule has 31 valence electrons. The largest absolute Gasteiger partial charge is 0.487 e. The predicted octanol–water partition coefficient (Wildman–Crippen LogP) is 0.354. The van der Waals surface area contributed by atoms with Gasteiger partial charge >= 0.3 is 0 Å². The smallest absolute Gasteiger partial charge is 0 e. The number of hydrogen-bond acceptors (Lipinski definition) is 2. The molecule has 0 rings (SSSR count). The van der Waals surface area contributed by atoms with Gasteiger partial charge in [-0.25, -0.2) is 0 Å². The van der Waals surface area contributed by atoms with Gasteiger partial charge in [-0.3, -0.25) is 0 Å². The molecule has 0 saturated heterocycles. The molecule has 0 aliphatic rings. The SMILES string of the molecule is N=C[N-]O.[Re]. The van der Waals surface area contributed by atoms with Crippen molar-refractivity contribution in [3.8, 4) is 0 Å². The molecule has 0 spiro atoms. The van der Waals surface area contributed by atoms with Crippen LogP contribution in [0.3, 0.4) is 0 Å². The predicted molar refractivity (Wildman–Crippen MR) is 13.9 cm³/mol. The van der Waals surface area contributed by atoms with Gasteiger partial charge in [0.1, 0.15) is 0 Å². The van der Waals surface area contributed by atoms with Crippen LogP contribution in [0, 0.1) is 5.41 Å². The maximum Gasteiger partial charge on any atom is 0 e.